The van der Waals surface area contributed by atoms with Gasteiger partial charge in [0, 0.05) is 5.02 Å². The number of halogens is 1. The third-order valence-electron chi connectivity index (χ3n) is 3.57. The first kappa shape index (κ1) is 13.4. The molecule has 3 nitrogen and oxygen atoms in total. The van der Waals surface area contributed by atoms with E-state index in [1.165, 1.54) is 0 Å². The summed E-state index contributed by atoms with van der Waals surface area (Å²) in [5, 5.41) is 9.46. The molecule has 0 saturated carbocycles. The maximum absolute atomic E-state index is 8.94. The van der Waals surface area contributed by atoms with Crippen molar-refractivity contribution in [2.24, 2.45) is 0 Å². The van der Waals surface area contributed by atoms with E-state index in [1.807, 2.05) is 27.7 Å². The summed E-state index contributed by atoms with van der Waals surface area (Å²) in [6.07, 6.45) is 0. The highest BCUT2D eigenvalue weighted by atomic mass is 35.5. The van der Waals surface area contributed by atoms with Crippen molar-refractivity contribution >= 4 is 24.2 Å². The van der Waals surface area contributed by atoms with Crippen molar-refractivity contribution in [3.05, 3.63) is 28.8 Å². The Morgan fingerprint density at radius 3 is 2.17 bits per heavy atom. The maximum Gasteiger partial charge on any atom is 0.494 e. The van der Waals surface area contributed by atoms with Gasteiger partial charge in [-0.25, -0.2) is 0 Å². The van der Waals surface area contributed by atoms with E-state index in [0.29, 0.717) is 10.6 Å². The van der Waals surface area contributed by atoms with Crippen molar-refractivity contribution in [1.29, 1.82) is 5.26 Å². The van der Waals surface area contributed by atoms with E-state index >= 15 is 0 Å². The molecule has 0 bridgehead atoms. The molecule has 1 aliphatic rings. The van der Waals surface area contributed by atoms with E-state index in [-0.39, 0.29) is 0 Å². The van der Waals surface area contributed by atoms with Crippen molar-refractivity contribution in [3.63, 3.8) is 0 Å². The third-order valence-corrected chi connectivity index (χ3v) is 3.79. The SMILES string of the molecule is CC1(C)OB(c2cc(Cl)cc(C#N)c2)OC1(C)C. The molecular weight excluding hydrogens is 248 g/mol. The average Bonchev–Trinajstić information content (AvgIpc) is 2.47. The quantitative estimate of drug-likeness (QED) is 0.731. The van der Waals surface area contributed by atoms with Crippen molar-refractivity contribution in [2.75, 3.05) is 0 Å². The van der Waals surface area contributed by atoms with Crippen LogP contribution in [0.4, 0.5) is 0 Å². The van der Waals surface area contributed by atoms with Crippen molar-refractivity contribution in [3.8, 4) is 6.07 Å². The highest BCUT2D eigenvalue weighted by molar-refractivity contribution is 6.62. The fraction of sp³-hybridized carbons (Fsp3) is 0.462. The van der Waals surface area contributed by atoms with E-state index < -0.39 is 18.3 Å². The second-order valence-corrected chi connectivity index (χ2v) is 5.91. The molecule has 1 heterocycles. The summed E-state index contributed by atoms with van der Waals surface area (Å²) in [6, 6.07) is 7.21. The van der Waals surface area contributed by atoms with Crippen LogP contribution < -0.4 is 5.46 Å². The normalized spacial score (nSPS) is 20.8. The molecular formula is C13H15BClNO2. The van der Waals surface area contributed by atoms with Gasteiger partial charge in [0.25, 0.3) is 0 Å². The minimum Gasteiger partial charge on any atom is -0.399 e. The molecule has 0 unspecified atom stereocenters. The first-order valence-corrected chi connectivity index (χ1v) is 6.19. The molecule has 0 amide bonds. The van der Waals surface area contributed by atoms with Gasteiger partial charge in [-0.3, -0.25) is 0 Å². The smallest absolute Gasteiger partial charge is 0.399 e. The molecule has 0 spiro atoms. The number of hydrogen-bond donors (Lipinski definition) is 0. The van der Waals surface area contributed by atoms with E-state index in [2.05, 4.69) is 6.07 Å². The Hall–Kier alpha value is -1.02. The molecule has 5 heteroatoms. The zero-order chi connectivity index (χ0) is 13.6. The largest absolute Gasteiger partial charge is 0.494 e. The van der Waals surface area contributed by atoms with Crippen LogP contribution in [0.1, 0.15) is 33.3 Å². The van der Waals surface area contributed by atoms with Gasteiger partial charge in [0.15, 0.2) is 0 Å². The Morgan fingerprint density at radius 2 is 1.67 bits per heavy atom. The van der Waals surface area contributed by atoms with E-state index in [1.54, 1.807) is 18.2 Å². The fourth-order valence-electron chi connectivity index (χ4n) is 1.79. The van der Waals surface area contributed by atoms with Crippen LogP contribution in [0.3, 0.4) is 0 Å². The lowest BCUT2D eigenvalue weighted by Crippen LogP contribution is -2.41. The van der Waals surface area contributed by atoms with Crippen LogP contribution in [-0.4, -0.2) is 18.3 Å². The molecule has 1 saturated heterocycles. The fourth-order valence-corrected chi connectivity index (χ4v) is 2.04. The Morgan fingerprint density at radius 1 is 1.11 bits per heavy atom. The second-order valence-electron chi connectivity index (χ2n) is 5.47. The number of nitrogens with zero attached hydrogens (tertiary/aromatic N) is 1. The standard InChI is InChI=1S/C13H15BClNO2/c1-12(2)13(3,4)18-14(17-12)10-5-9(8-16)6-11(15)7-10/h5-7H,1-4H3. The number of rotatable bonds is 1. The molecule has 1 aromatic rings. The molecule has 1 aliphatic heterocycles. The molecule has 18 heavy (non-hydrogen) atoms. The topological polar surface area (TPSA) is 42.2 Å². The van der Waals surface area contributed by atoms with Crippen molar-refractivity contribution in [1.82, 2.24) is 0 Å². The van der Waals surface area contributed by atoms with Gasteiger partial charge < -0.3 is 9.31 Å². The van der Waals surface area contributed by atoms with Crippen LogP contribution >= 0.6 is 11.6 Å². The zero-order valence-electron chi connectivity index (χ0n) is 11.0. The average molecular weight is 264 g/mol. The van der Waals surface area contributed by atoms with Gasteiger partial charge in [0.2, 0.25) is 0 Å². The summed E-state index contributed by atoms with van der Waals surface area (Å²) in [7, 11) is -0.485. The van der Waals surface area contributed by atoms with Gasteiger partial charge in [0.1, 0.15) is 0 Å². The maximum atomic E-state index is 8.94. The van der Waals surface area contributed by atoms with Crippen molar-refractivity contribution < 1.29 is 9.31 Å². The van der Waals surface area contributed by atoms with Gasteiger partial charge in [0.05, 0.1) is 22.8 Å². The molecule has 0 N–H and O–H groups in total. The van der Waals surface area contributed by atoms with Gasteiger partial charge in [-0.1, -0.05) is 11.6 Å². The molecule has 94 valence electrons. The first-order valence-electron chi connectivity index (χ1n) is 5.81. The first-order chi connectivity index (χ1) is 8.25. The molecule has 0 atom stereocenters. The van der Waals surface area contributed by atoms with Gasteiger partial charge >= 0.3 is 7.12 Å². The zero-order valence-corrected chi connectivity index (χ0v) is 11.7. The summed E-state index contributed by atoms with van der Waals surface area (Å²) in [6.45, 7) is 7.96. The Balaban J connectivity index is 2.36. The van der Waals surface area contributed by atoms with Crippen LogP contribution in [0.2, 0.25) is 5.02 Å². The summed E-state index contributed by atoms with van der Waals surface area (Å²) in [5.74, 6) is 0. The molecule has 0 aliphatic carbocycles. The highest BCUT2D eigenvalue weighted by Gasteiger charge is 2.51. The molecule has 2 rings (SSSR count). The van der Waals surface area contributed by atoms with Crippen LogP contribution in [0.5, 0.6) is 0 Å². The summed E-state index contributed by atoms with van der Waals surface area (Å²) in [4.78, 5) is 0. The van der Waals surface area contributed by atoms with E-state index in [9.17, 15) is 0 Å². The van der Waals surface area contributed by atoms with E-state index in [0.717, 1.165) is 5.46 Å². The summed E-state index contributed by atoms with van der Waals surface area (Å²) >= 11 is 5.99. The minimum atomic E-state index is -0.485. The van der Waals surface area contributed by atoms with Crippen LogP contribution in [0, 0.1) is 11.3 Å². The predicted octanol–water partition coefficient (Wildman–Crippen LogP) is 2.51. The molecule has 1 aromatic carbocycles. The third kappa shape index (κ3) is 2.26. The van der Waals surface area contributed by atoms with Gasteiger partial charge in [-0.15, -0.1) is 0 Å². The molecule has 0 aromatic heterocycles. The predicted molar refractivity (Wildman–Crippen MR) is 71.9 cm³/mol. The molecule has 0 radical (unpaired) electrons. The van der Waals surface area contributed by atoms with Gasteiger partial charge in [-0.2, -0.15) is 5.26 Å². The van der Waals surface area contributed by atoms with Gasteiger partial charge in [-0.05, 0) is 51.4 Å². The van der Waals surface area contributed by atoms with Crippen LogP contribution in [-0.2, 0) is 9.31 Å². The summed E-state index contributed by atoms with van der Waals surface area (Å²) in [5.41, 5.74) is 0.490. The lowest BCUT2D eigenvalue weighted by molar-refractivity contribution is 0.00578. The summed E-state index contributed by atoms with van der Waals surface area (Å²) < 4.78 is 11.8. The molecule has 1 fully saturated rings. The van der Waals surface area contributed by atoms with Crippen molar-refractivity contribution in [2.45, 2.75) is 38.9 Å². The second kappa shape index (κ2) is 4.27. The van der Waals surface area contributed by atoms with Crippen LogP contribution in [0.15, 0.2) is 18.2 Å². The highest BCUT2D eigenvalue weighted by Crippen LogP contribution is 2.36. The Kier molecular flexibility index (Phi) is 3.18. The Labute approximate surface area is 113 Å². The Bertz CT molecular complexity index is 506. The monoisotopic (exact) mass is 263 g/mol. The number of nitriles is 1. The number of hydrogen-bond acceptors (Lipinski definition) is 3. The lowest BCUT2D eigenvalue weighted by Gasteiger charge is -2.32. The minimum absolute atomic E-state index is 0.396. The lowest BCUT2D eigenvalue weighted by atomic mass is 9.78. The van der Waals surface area contributed by atoms with E-state index in [4.69, 9.17) is 26.2 Å². The van der Waals surface area contributed by atoms with Crippen LogP contribution in [0.25, 0.3) is 0 Å². The number of benzene rings is 1.